The van der Waals surface area contributed by atoms with Gasteiger partial charge in [0, 0.05) is 29.7 Å². The predicted molar refractivity (Wildman–Crippen MR) is 133 cm³/mol. The topological polar surface area (TPSA) is 105 Å². The Morgan fingerprint density at radius 2 is 1.64 bits per heavy atom. The van der Waals surface area contributed by atoms with E-state index in [4.69, 9.17) is 4.74 Å². The number of sulfonamides is 1. The lowest BCUT2D eigenvalue weighted by Gasteiger charge is -2.24. The molecular formula is C23H31N3O5S2. The van der Waals surface area contributed by atoms with Crippen LogP contribution in [-0.2, 0) is 19.6 Å². The van der Waals surface area contributed by atoms with Gasteiger partial charge in [-0.25, -0.2) is 8.42 Å². The van der Waals surface area contributed by atoms with Crippen LogP contribution in [0.2, 0.25) is 0 Å². The van der Waals surface area contributed by atoms with Crippen LogP contribution in [0.25, 0.3) is 0 Å². The van der Waals surface area contributed by atoms with E-state index < -0.39 is 15.9 Å². The Morgan fingerprint density at radius 1 is 1.03 bits per heavy atom. The number of anilines is 2. The Labute approximate surface area is 200 Å². The summed E-state index contributed by atoms with van der Waals surface area (Å²) in [5.41, 5.74) is 0.812. The molecule has 2 rings (SSSR count). The van der Waals surface area contributed by atoms with Crippen molar-refractivity contribution in [1.82, 2.24) is 5.32 Å². The molecule has 0 saturated carbocycles. The van der Waals surface area contributed by atoms with Gasteiger partial charge in [0.05, 0.1) is 17.7 Å². The Morgan fingerprint density at radius 3 is 2.15 bits per heavy atom. The second-order valence-corrected chi connectivity index (χ2v) is 12.0. The standard InChI is InChI=1S/C23H31N3O5S2/c1-17(27)25-18-6-12-21(13-7-18)33(29,30)26(19-8-10-20(31-5)11-9-19)16-22(28)24-14-15-32-23(2,3)4/h6-13H,14-16H2,1-5H3,(H,24,28)(H,25,27). The number of nitrogens with zero attached hydrogens (tertiary/aromatic N) is 1. The van der Waals surface area contributed by atoms with Gasteiger partial charge in [0.2, 0.25) is 11.8 Å². The number of amides is 2. The number of hydrogen-bond donors (Lipinski definition) is 2. The van der Waals surface area contributed by atoms with E-state index in [0.717, 1.165) is 10.1 Å². The molecule has 0 saturated heterocycles. The third-order valence-corrected chi connectivity index (χ3v) is 7.43. The summed E-state index contributed by atoms with van der Waals surface area (Å²) in [7, 11) is -2.54. The molecule has 0 heterocycles. The molecule has 10 heteroatoms. The van der Waals surface area contributed by atoms with Crippen molar-refractivity contribution in [2.75, 3.05) is 35.6 Å². The number of carbonyl (C=O) groups is 2. The number of hydrogen-bond acceptors (Lipinski definition) is 6. The molecule has 180 valence electrons. The van der Waals surface area contributed by atoms with Gasteiger partial charge in [0.25, 0.3) is 10.0 Å². The third-order valence-electron chi connectivity index (χ3n) is 4.37. The van der Waals surface area contributed by atoms with Crippen LogP contribution >= 0.6 is 11.8 Å². The van der Waals surface area contributed by atoms with Crippen molar-refractivity contribution in [3.63, 3.8) is 0 Å². The lowest BCUT2D eigenvalue weighted by molar-refractivity contribution is -0.119. The Hall–Kier alpha value is -2.72. The molecule has 2 N–H and O–H groups in total. The fourth-order valence-electron chi connectivity index (χ4n) is 2.84. The fraction of sp³-hybridized carbons (Fsp3) is 0.391. The van der Waals surface area contributed by atoms with Crippen molar-refractivity contribution in [1.29, 1.82) is 0 Å². The van der Waals surface area contributed by atoms with Gasteiger partial charge in [-0.15, -0.1) is 0 Å². The monoisotopic (exact) mass is 493 g/mol. The number of ether oxygens (including phenoxy) is 1. The zero-order valence-electron chi connectivity index (χ0n) is 19.5. The quantitative estimate of drug-likeness (QED) is 0.491. The molecule has 33 heavy (non-hydrogen) atoms. The summed E-state index contributed by atoms with van der Waals surface area (Å²) in [6.45, 7) is 7.71. The largest absolute Gasteiger partial charge is 0.497 e. The molecule has 0 aliphatic rings. The van der Waals surface area contributed by atoms with Crippen LogP contribution in [0, 0.1) is 0 Å². The normalized spacial score (nSPS) is 11.5. The lowest BCUT2D eigenvalue weighted by Crippen LogP contribution is -2.41. The highest BCUT2D eigenvalue weighted by atomic mass is 32.2. The van der Waals surface area contributed by atoms with Crippen LogP contribution in [0.5, 0.6) is 5.75 Å². The average molecular weight is 494 g/mol. The van der Waals surface area contributed by atoms with E-state index in [1.165, 1.54) is 38.3 Å². The van der Waals surface area contributed by atoms with Gasteiger partial charge in [-0.3, -0.25) is 13.9 Å². The molecule has 0 aliphatic heterocycles. The maximum atomic E-state index is 13.4. The van der Waals surface area contributed by atoms with Crippen LogP contribution in [-0.4, -0.2) is 50.9 Å². The van der Waals surface area contributed by atoms with Gasteiger partial charge in [-0.1, -0.05) is 20.8 Å². The first-order valence-corrected chi connectivity index (χ1v) is 12.8. The minimum absolute atomic E-state index is 0.00325. The number of benzene rings is 2. The summed E-state index contributed by atoms with van der Waals surface area (Å²) >= 11 is 1.71. The molecule has 2 aromatic carbocycles. The highest BCUT2D eigenvalue weighted by Gasteiger charge is 2.27. The van der Waals surface area contributed by atoms with Crippen molar-refractivity contribution in [2.24, 2.45) is 0 Å². The molecule has 2 aromatic rings. The minimum Gasteiger partial charge on any atom is -0.497 e. The molecule has 0 fully saturated rings. The second kappa shape index (κ2) is 11.4. The van der Waals surface area contributed by atoms with E-state index >= 15 is 0 Å². The first-order valence-electron chi connectivity index (χ1n) is 10.4. The van der Waals surface area contributed by atoms with E-state index in [1.807, 2.05) is 0 Å². The first kappa shape index (κ1) is 26.5. The summed E-state index contributed by atoms with van der Waals surface area (Å²) in [4.78, 5) is 23.9. The number of rotatable bonds is 10. The summed E-state index contributed by atoms with van der Waals surface area (Å²) in [5.74, 6) is 0.625. The van der Waals surface area contributed by atoms with E-state index in [-0.39, 0.29) is 22.1 Å². The van der Waals surface area contributed by atoms with Gasteiger partial charge >= 0.3 is 0 Å². The van der Waals surface area contributed by atoms with Crippen LogP contribution in [0.3, 0.4) is 0 Å². The fourth-order valence-corrected chi connectivity index (χ4v) is 5.08. The molecule has 0 atom stereocenters. The Kier molecular flexibility index (Phi) is 9.18. The van der Waals surface area contributed by atoms with Crippen molar-refractivity contribution in [3.05, 3.63) is 48.5 Å². The van der Waals surface area contributed by atoms with E-state index in [0.29, 0.717) is 23.7 Å². The molecule has 0 radical (unpaired) electrons. The molecule has 8 nitrogen and oxygen atoms in total. The highest BCUT2D eigenvalue weighted by molar-refractivity contribution is 8.00. The van der Waals surface area contributed by atoms with Crippen LogP contribution < -0.4 is 19.7 Å². The zero-order chi connectivity index (χ0) is 24.6. The minimum atomic E-state index is -4.05. The number of methoxy groups -OCH3 is 1. The number of carbonyl (C=O) groups excluding carboxylic acids is 2. The van der Waals surface area contributed by atoms with Crippen molar-refractivity contribution >= 4 is 45.0 Å². The van der Waals surface area contributed by atoms with Gasteiger partial charge < -0.3 is 15.4 Å². The number of thioether (sulfide) groups is 1. The zero-order valence-corrected chi connectivity index (χ0v) is 21.2. The molecule has 2 amide bonds. The van der Waals surface area contributed by atoms with Gasteiger partial charge in [0.15, 0.2) is 0 Å². The molecule has 0 aliphatic carbocycles. The smallest absolute Gasteiger partial charge is 0.264 e. The van der Waals surface area contributed by atoms with Crippen LogP contribution in [0.15, 0.2) is 53.4 Å². The summed E-state index contributed by atoms with van der Waals surface area (Å²) in [6, 6.07) is 12.2. The second-order valence-electron chi connectivity index (χ2n) is 8.23. The van der Waals surface area contributed by atoms with E-state index in [9.17, 15) is 18.0 Å². The SMILES string of the molecule is COc1ccc(N(CC(=O)NCCSC(C)(C)C)S(=O)(=O)c2ccc(NC(C)=O)cc2)cc1. The highest BCUT2D eigenvalue weighted by Crippen LogP contribution is 2.26. The Bertz CT molecular complexity index is 1050. The van der Waals surface area contributed by atoms with Gasteiger partial charge in [-0.2, -0.15) is 11.8 Å². The predicted octanol–water partition coefficient (Wildman–Crippen LogP) is 3.50. The summed E-state index contributed by atoms with van der Waals surface area (Å²) in [5, 5.41) is 5.40. The van der Waals surface area contributed by atoms with Gasteiger partial charge in [0.1, 0.15) is 12.3 Å². The molecular weight excluding hydrogens is 462 g/mol. The van der Waals surface area contributed by atoms with Crippen molar-refractivity contribution < 1.29 is 22.7 Å². The molecule has 0 unspecified atom stereocenters. The lowest BCUT2D eigenvalue weighted by atomic mass is 10.3. The van der Waals surface area contributed by atoms with E-state index in [1.54, 1.807) is 36.0 Å². The van der Waals surface area contributed by atoms with Crippen molar-refractivity contribution in [3.8, 4) is 5.75 Å². The Balaban J connectivity index is 2.26. The van der Waals surface area contributed by atoms with Crippen LogP contribution in [0.4, 0.5) is 11.4 Å². The number of nitrogens with one attached hydrogen (secondary N) is 2. The van der Waals surface area contributed by atoms with Crippen molar-refractivity contribution in [2.45, 2.75) is 37.3 Å². The average Bonchev–Trinajstić information content (AvgIpc) is 2.74. The molecule has 0 aromatic heterocycles. The summed E-state index contributed by atoms with van der Waals surface area (Å²) in [6.07, 6.45) is 0. The van der Waals surface area contributed by atoms with Crippen LogP contribution in [0.1, 0.15) is 27.7 Å². The molecule has 0 spiro atoms. The summed E-state index contributed by atoms with van der Waals surface area (Å²) < 4.78 is 33.2. The maximum Gasteiger partial charge on any atom is 0.264 e. The van der Waals surface area contributed by atoms with Gasteiger partial charge in [-0.05, 0) is 48.5 Å². The molecule has 0 bridgehead atoms. The van der Waals surface area contributed by atoms with E-state index in [2.05, 4.69) is 31.4 Å². The maximum absolute atomic E-state index is 13.4. The third kappa shape index (κ3) is 8.29. The first-order chi connectivity index (χ1) is 15.4.